The third-order valence-corrected chi connectivity index (χ3v) is 5.13. The third-order valence-electron chi connectivity index (χ3n) is 4.09. The molecule has 138 valence electrons. The summed E-state index contributed by atoms with van der Waals surface area (Å²) >= 11 is 1.34. The van der Waals surface area contributed by atoms with E-state index in [0.717, 1.165) is 15.8 Å². The zero-order valence-electron chi connectivity index (χ0n) is 15.2. The van der Waals surface area contributed by atoms with Crippen LogP contribution in [0.5, 0.6) is 0 Å². The van der Waals surface area contributed by atoms with Crippen molar-refractivity contribution in [1.82, 2.24) is 4.57 Å². The van der Waals surface area contributed by atoms with Crippen molar-refractivity contribution in [2.24, 2.45) is 4.99 Å². The number of fused-ring (bicyclic) bond motifs is 1. The van der Waals surface area contributed by atoms with Crippen LogP contribution in [0, 0.1) is 6.92 Å². The van der Waals surface area contributed by atoms with Gasteiger partial charge in [0.05, 0.1) is 17.3 Å². The Morgan fingerprint density at radius 2 is 1.74 bits per heavy atom. The second kappa shape index (κ2) is 7.67. The standard InChI is InChI=1S/C20H18N2O4S/c1-12-4-9-16-17(10-12)27-20(22(16)11-18(24)26-3)21-19(25)15-7-5-14(6-8-15)13(2)23/h4-10H,11H2,1-3H3. The van der Waals surface area contributed by atoms with Crippen LogP contribution in [0.25, 0.3) is 10.2 Å². The number of aromatic nitrogens is 1. The normalized spacial score (nSPS) is 11.6. The first-order chi connectivity index (χ1) is 12.9. The summed E-state index contributed by atoms with van der Waals surface area (Å²) in [5, 5.41) is 0. The van der Waals surface area contributed by atoms with Gasteiger partial charge < -0.3 is 9.30 Å². The van der Waals surface area contributed by atoms with Crippen LogP contribution >= 0.6 is 11.3 Å². The van der Waals surface area contributed by atoms with Gasteiger partial charge >= 0.3 is 5.97 Å². The molecule has 3 rings (SSSR count). The predicted octanol–water partition coefficient (Wildman–Crippen LogP) is 3.13. The van der Waals surface area contributed by atoms with Crippen LogP contribution in [-0.2, 0) is 16.1 Å². The molecule has 6 nitrogen and oxygen atoms in total. The molecule has 0 unspecified atom stereocenters. The molecule has 0 spiro atoms. The number of amides is 1. The first kappa shape index (κ1) is 18.7. The zero-order valence-corrected chi connectivity index (χ0v) is 16.0. The molecule has 0 fully saturated rings. The van der Waals surface area contributed by atoms with Crippen molar-refractivity contribution in [1.29, 1.82) is 0 Å². The van der Waals surface area contributed by atoms with Gasteiger partial charge in [-0.25, -0.2) is 0 Å². The second-order valence-electron chi connectivity index (χ2n) is 6.07. The maximum absolute atomic E-state index is 12.6. The number of benzene rings is 2. The van der Waals surface area contributed by atoms with Crippen LogP contribution in [0.15, 0.2) is 47.5 Å². The fraction of sp³-hybridized carbons (Fsp3) is 0.200. The number of rotatable bonds is 4. The van der Waals surface area contributed by atoms with E-state index in [1.54, 1.807) is 28.8 Å². The number of ketones is 1. The molecule has 0 N–H and O–H groups in total. The molecule has 2 aromatic carbocycles. The van der Waals surface area contributed by atoms with Gasteiger partial charge in [0.25, 0.3) is 5.91 Å². The molecule has 0 bridgehead atoms. The number of hydrogen-bond donors (Lipinski definition) is 0. The molecule has 0 atom stereocenters. The van der Waals surface area contributed by atoms with Gasteiger partial charge in [0.15, 0.2) is 10.6 Å². The minimum atomic E-state index is -0.438. The van der Waals surface area contributed by atoms with Gasteiger partial charge in [-0.15, -0.1) is 0 Å². The molecule has 0 aliphatic carbocycles. The summed E-state index contributed by atoms with van der Waals surface area (Å²) in [5.74, 6) is -0.927. The molecular formula is C20H18N2O4S. The molecule has 1 aromatic heterocycles. The lowest BCUT2D eigenvalue weighted by Crippen LogP contribution is -2.22. The summed E-state index contributed by atoms with van der Waals surface area (Å²) in [7, 11) is 1.32. The van der Waals surface area contributed by atoms with Gasteiger partial charge in [0.2, 0.25) is 0 Å². The first-order valence-corrected chi connectivity index (χ1v) is 9.07. The Morgan fingerprint density at radius 1 is 1.07 bits per heavy atom. The summed E-state index contributed by atoms with van der Waals surface area (Å²) in [4.78, 5) is 40.4. The molecule has 0 saturated carbocycles. The van der Waals surface area contributed by atoms with E-state index in [-0.39, 0.29) is 12.3 Å². The minimum Gasteiger partial charge on any atom is -0.468 e. The summed E-state index contributed by atoms with van der Waals surface area (Å²) in [6, 6.07) is 12.2. The van der Waals surface area contributed by atoms with Gasteiger partial charge in [-0.2, -0.15) is 4.99 Å². The topological polar surface area (TPSA) is 77.7 Å². The second-order valence-corrected chi connectivity index (χ2v) is 7.08. The number of methoxy groups -OCH3 is 1. The number of thiazole rings is 1. The lowest BCUT2D eigenvalue weighted by Gasteiger charge is -2.04. The largest absolute Gasteiger partial charge is 0.468 e. The highest BCUT2D eigenvalue weighted by atomic mass is 32.1. The fourth-order valence-electron chi connectivity index (χ4n) is 2.61. The van der Waals surface area contributed by atoms with E-state index in [9.17, 15) is 14.4 Å². The summed E-state index contributed by atoms with van der Waals surface area (Å²) in [6.45, 7) is 3.41. The van der Waals surface area contributed by atoms with E-state index in [1.165, 1.54) is 25.4 Å². The number of hydrogen-bond acceptors (Lipinski definition) is 5. The minimum absolute atomic E-state index is 0.0328. The number of aryl methyl sites for hydroxylation is 1. The summed E-state index contributed by atoms with van der Waals surface area (Å²) < 4.78 is 7.36. The number of carbonyl (C=O) groups is 3. The zero-order chi connectivity index (χ0) is 19.6. The van der Waals surface area contributed by atoms with Crippen molar-refractivity contribution in [3.05, 3.63) is 64.0 Å². The van der Waals surface area contributed by atoms with E-state index in [4.69, 9.17) is 4.74 Å². The Hall–Kier alpha value is -3.06. The van der Waals surface area contributed by atoms with Gasteiger partial charge in [-0.1, -0.05) is 29.5 Å². The molecule has 0 aliphatic rings. The van der Waals surface area contributed by atoms with Gasteiger partial charge in [-0.3, -0.25) is 14.4 Å². The molecule has 0 aliphatic heterocycles. The Morgan fingerprint density at radius 3 is 2.37 bits per heavy atom. The van der Waals surface area contributed by atoms with Crippen molar-refractivity contribution in [3.8, 4) is 0 Å². The summed E-state index contributed by atoms with van der Waals surface area (Å²) in [6.07, 6.45) is 0. The molecule has 7 heteroatoms. The highest BCUT2D eigenvalue weighted by molar-refractivity contribution is 7.16. The van der Waals surface area contributed by atoms with Crippen LogP contribution in [0.4, 0.5) is 0 Å². The van der Waals surface area contributed by atoms with Crippen LogP contribution in [0.1, 0.15) is 33.2 Å². The highest BCUT2D eigenvalue weighted by Crippen LogP contribution is 2.19. The van der Waals surface area contributed by atoms with Crippen molar-refractivity contribution in [2.75, 3.05) is 7.11 Å². The number of carbonyl (C=O) groups excluding carboxylic acids is 3. The monoisotopic (exact) mass is 382 g/mol. The van der Waals surface area contributed by atoms with Crippen LogP contribution < -0.4 is 4.80 Å². The van der Waals surface area contributed by atoms with Crippen molar-refractivity contribution < 1.29 is 19.1 Å². The van der Waals surface area contributed by atoms with Crippen molar-refractivity contribution in [3.63, 3.8) is 0 Å². The highest BCUT2D eigenvalue weighted by Gasteiger charge is 2.13. The molecule has 27 heavy (non-hydrogen) atoms. The number of ether oxygens (including phenoxy) is 1. The maximum Gasteiger partial charge on any atom is 0.325 e. The van der Waals surface area contributed by atoms with E-state index in [1.807, 2.05) is 25.1 Å². The van der Waals surface area contributed by atoms with Gasteiger partial charge in [-0.05, 0) is 43.7 Å². The fourth-order valence-corrected chi connectivity index (χ4v) is 3.74. The average molecular weight is 382 g/mol. The molecule has 3 aromatic rings. The SMILES string of the molecule is COC(=O)Cn1c(=NC(=O)c2ccc(C(C)=O)cc2)sc2cc(C)ccc21. The quantitative estimate of drug-likeness (QED) is 0.513. The third kappa shape index (κ3) is 4.03. The molecule has 1 heterocycles. The van der Waals surface area contributed by atoms with E-state index in [0.29, 0.717) is 15.9 Å². The smallest absolute Gasteiger partial charge is 0.325 e. The van der Waals surface area contributed by atoms with Crippen LogP contribution in [0.2, 0.25) is 0 Å². The molecule has 1 amide bonds. The number of esters is 1. The van der Waals surface area contributed by atoms with Crippen molar-refractivity contribution in [2.45, 2.75) is 20.4 Å². The van der Waals surface area contributed by atoms with Crippen LogP contribution in [0.3, 0.4) is 0 Å². The maximum atomic E-state index is 12.6. The lowest BCUT2D eigenvalue weighted by atomic mass is 10.1. The molecular weight excluding hydrogens is 364 g/mol. The van der Waals surface area contributed by atoms with Crippen molar-refractivity contribution >= 4 is 39.2 Å². The lowest BCUT2D eigenvalue weighted by molar-refractivity contribution is -0.141. The molecule has 0 saturated heterocycles. The Bertz CT molecular complexity index is 1110. The number of Topliss-reactive ketones (excluding diaryl/α,β-unsaturated/α-hetero) is 1. The Balaban J connectivity index is 2.08. The van der Waals surface area contributed by atoms with E-state index < -0.39 is 11.9 Å². The van der Waals surface area contributed by atoms with E-state index >= 15 is 0 Å². The average Bonchev–Trinajstić information content (AvgIpc) is 2.97. The Kier molecular flexibility index (Phi) is 5.32. The predicted molar refractivity (Wildman–Crippen MR) is 103 cm³/mol. The number of nitrogens with zero attached hydrogens (tertiary/aromatic N) is 2. The van der Waals surface area contributed by atoms with Crippen LogP contribution in [-0.4, -0.2) is 29.3 Å². The summed E-state index contributed by atoms with van der Waals surface area (Å²) in [5.41, 5.74) is 2.80. The first-order valence-electron chi connectivity index (χ1n) is 8.26. The van der Waals surface area contributed by atoms with Gasteiger partial charge in [0, 0.05) is 11.1 Å². The van der Waals surface area contributed by atoms with Gasteiger partial charge in [0.1, 0.15) is 6.54 Å². The Labute approximate surface area is 159 Å². The van der Waals surface area contributed by atoms with E-state index in [2.05, 4.69) is 4.99 Å². The molecule has 0 radical (unpaired) electrons.